The zero-order valence-corrected chi connectivity index (χ0v) is 9.77. The third-order valence-corrected chi connectivity index (χ3v) is 2.59. The van der Waals surface area contributed by atoms with Crippen molar-refractivity contribution in [3.63, 3.8) is 0 Å². The first-order valence-corrected chi connectivity index (χ1v) is 5.35. The van der Waals surface area contributed by atoms with Gasteiger partial charge >= 0.3 is 5.97 Å². The van der Waals surface area contributed by atoms with Crippen molar-refractivity contribution in [2.24, 2.45) is 0 Å². The van der Waals surface area contributed by atoms with E-state index in [1.807, 2.05) is 38.1 Å². The molecule has 3 heteroatoms. The molecule has 2 rings (SSSR count). The second-order valence-electron chi connectivity index (χ2n) is 4.03. The maximum absolute atomic E-state index is 10.4. The smallest absolute Gasteiger partial charge is 0.328 e. The summed E-state index contributed by atoms with van der Waals surface area (Å²) in [5.41, 5.74) is 3.95. The highest BCUT2D eigenvalue weighted by atomic mass is 16.4. The maximum atomic E-state index is 10.4. The van der Waals surface area contributed by atoms with E-state index in [1.165, 1.54) is 0 Å². The van der Waals surface area contributed by atoms with Crippen molar-refractivity contribution in [1.29, 1.82) is 0 Å². The average Bonchev–Trinajstić information content (AvgIpc) is 2.26. The van der Waals surface area contributed by atoms with Crippen LogP contribution in [-0.2, 0) is 4.79 Å². The Bertz CT molecular complexity index is 615. The molecule has 1 aromatic heterocycles. The first-order valence-electron chi connectivity index (χ1n) is 5.35. The fraction of sp³-hybridized carbons (Fsp3) is 0.143. The molecule has 0 fully saturated rings. The molecule has 1 heterocycles. The largest absolute Gasteiger partial charge is 0.478 e. The Kier molecular flexibility index (Phi) is 2.91. The topological polar surface area (TPSA) is 50.2 Å². The summed E-state index contributed by atoms with van der Waals surface area (Å²) in [6.45, 7) is 3.99. The molecule has 0 aliphatic heterocycles. The second kappa shape index (κ2) is 4.37. The molecule has 0 radical (unpaired) electrons. The third-order valence-electron chi connectivity index (χ3n) is 2.59. The number of aliphatic carboxylic acids is 1. The minimum absolute atomic E-state index is 0.869. The van der Waals surface area contributed by atoms with E-state index in [0.717, 1.165) is 33.8 Å². The van der Waals surface area contributed by atoms with Crippen molar-refractivity contribution in [3.05, 3.63) is 47.2 Å². The van der Waals surface area contributed by atoms with E-state index in [2.05, 4.69) is 4.98 Å². The predicted octanol–water partition coefficient (Wildman–Crippen LogP) is 2.95. The number of pyridine rings is 1. The van der Waals surface area contributed by atoms with Crippen LogP contribution in [0.2, 0.25) is 0 Å². The van der Waals surface area contributed by atoms with Crippen molar-refractivity contribution in [3.8, 4) is 0 Å². The van der Waals surface area contributed by atoms with Crippen LogP contribution in [0.15, 0.2) is 30.3 Å². The molecule has 0 unspecified atom stereocenters. The van der Waals surface area contributed by atoms with Gasteiger partial charge in [0, 0.05) is 17.2 Å². The van der Waals surface area contributed by atoms with Gasteiger partial charge in [0.1, 0.15) is 0 Å². The lowest BCUT2D eigenvalue weighted by Gasteiger charge is -2.04. The molecule has 2 aromatic rings. The van der Waals surface area contributed by atoms with E-state index >= 15 is 0 Å². The summed E-state index contributed by atoms with van der Waals surface area (Å²) in [6.07, 6.45) is 2.72. The number of carboxylic acids is 1. The Labute approximate surface area is 99.4 Å². The van der Waals surface area contributed by atoms with Crippen LogP contribution >= 0.6 is 0 Å². The number of hydrogen-bond donors (Lipinski definition) is 1. The molecular weight excluding hydrogens is 214 g/mol. The Hall–Kier alpha value is -2.16. The van der Waals surface area contributed by atoms with Crippen LogP contribution in [0.25, 0.3) is 17.0 Å². The van der Waals surface area contributed by atoms with Crippen LogP contribution in [0.1, 0.15) is 16.8 Å². The quantitative estimate of drug-likeness (QED) is 0.802. The molecule has 0 saturated heterocycles. The van der Waals surface area contributed by atoms with Crippen LogP contribution in [0.4, 0.5) is 0 Å². The fourth-order valence-electron chi connectivity index (χ4n) is 1.85. The Morgan fingerprint density at radius 1 is 1.29 bits per heavy atom. The first kappa shape index (κ1) is 11.3. The highest BCUT2D eigenvalue weighted by molar-refractivity contribution is 5.88. The molecule has 0 spiro atoms. The Morgan fingerprint density at radius 2 is 2.06 bits per heavy atom. The van der Waals surface area contributed by atoms with Crippen molar-refractivity contribution >= 4 is 22.9 Å². The molecule has 1 aromatic carbocycles. The highest BCUT2D eigenvalue weighted by Crippen LogP contribution is 2.19. The van der Waals surface area contributed by atoms with E-state index in [-0.39, 0.29) is 0 Å². The number of rotatable bonds is 2. The van der Waals surface area contributed by atoms with Crippen molar-refractivity contribution in [2.45, 2.75) is 13.8 Å². The molecule has 1 N–H and O–H groups in total. The Balaban J connectivity index is 2.54. The summed E-state index contributed by atoms with van der Waals surface area (Å²) >= 11 is 0. The van der Waals surface area contributed by atoms with Gasteiger partial charge in [-0.05, 0) is 49.2 Å². The van der Waals surface area contributed by atoms with Crippen LogP contribution in [-0.4, -0.2) is 16.1 Å². The predicted molar refractivity (Wildman–Crippen MR) is 67.9 cm³/mol. The lowest BCUT2D eigenvalue weighted by atomic mass is 10.1. The molecule has 0 atom stereocenters. The van der Waals surface area contributed by atoms with E-state index in [9.17, 15) is 4.79 Å². The zero-order chi connectivity index (χ0) is 12.4. The Morgan fingerprint density at radius 3 is 2.76 bits per heavy atom. The average molecular weight is 227 g/mol. The highest BCUT2D eigenvalue weighted by Gasteiger charge is 2.01. The van der Waals surface area contributed by atoms with Crippen LogP contribution in [0.5, 0.6) is 0 Å². The van der Waals surface area contributed by atoms with Crippen molar-refractivity contribution < 1.29 is 9.90 Å². The normalized spacial score (nSPS) is 11.2. The maximum Gasteiger partial charge on any atom is 0.328 e. The number of aryl methyl sites for hydroxylation is 2. The van der Waals surface area contributed by atoms with Crippen LogP contribution in [0.3, 0.4) is 0 Å². The van der Waals surface area contributed by atoms with Gasteiger partial charge in [-0.3, -0.25) is 4.98 Å². The summed E-state index contributed by atoms with van der Waals surface area (Å²) in [6, 6.07) is 7.76. The summed E-state index contributed by atoms with van der Waals surface area (Å²) < 4.78 is 0. The summed E-state index contributed by atoms with van der Waals surface area (Å²) in [4.78, 5) is 14.9. The lowest BCUT2D eigenvalue weighted by molar-refractivity contribution is -0.131. The fourth-order valence-corrected chi connectivity index (χ4v) is 1.85. The number of carbonyl (C=O) groups is 1. The van der Waals surface area contributed by atoms with E-state index in [4.69, 9.17) is 5.11 Å². The summed E-state index contributed by atoms with van der Waals surface area (Å²) in [7, 11) is 0. The van der Waals surface area contributed by atoms with Crippen molar-refractivity contribution in [2.75, 3.05) is 0 Å². The monoisotopic (exact) mass is 227 g/mol. The minimum Gasteiger partial charge on any atom is -0.478 e. The number of fused-ring (bicyclic) bond motifs is 1. The zero-order valence-electron chi connectivity index (χ0n) is 9.77. The standard InChI is InChI=1S/C14H13NO2/c1-9-7-10(2)15-13-5-3-11(8-12(9)13)4-6-14(16)17/h3-8H,1-2H3,(H,16,17)/b6-4+. The van der Waals surface area contributed by atoms with Gasteiger partial charge in [0.25, 0.3) is 0 Å². The number of carboxylic acid groups (broad SMARTS) is 1. The van der Waals surface area contributed by atoms with E-state index < -0.39 is 5.97 Å². The number of nitrogens with zero attached hydrogens (tertiary/aromatic N) is 1. The summed E-state index contributed by atoms with van der Waals surface area (Å²) in [5.74, 6) is -0.941. The molecule has 0 amide bonds. The summed E-state index contributed by atoms with van der Waals surface area (Å²) in [5, 5.41) is 9.64. The van der Waals surface area contributed by atoms with Gasteiger partial charge in [0.15, 0.2) is 0 Å². The molecule has 3 nitrogen and oxygen atoms in total. The number of benzene rings is 1. The van der Waals surface area contributed by atoms with Gasteiger partial charge in [0.2, 0.25) is 0 Å². The molecule has 0 aliphatic rings. The minimum atomic E-state index is -0.941. The third kappa shape index (κ3) is 2.50. The van der Waals surface area contributed by atoms with Gasteiger partial charge in [-0.2, -0.15) is 0 Å². The van der Waals surface area contributed by atoms with Crippen molar-refractivity contribution in [1.82, 2.24) is 4.98 Å². The number of hydrogen-bond acceptors (Lipinski definition) is 2. The first-order chi connectivity index (χ1) is 8.06. The van der Waals surface area contributed by atoms with E-state index in [0.29, 0.717) is 0 Å². The van der Waals surface area contributed by atoms with Gasteiger partial charge in [-0.1, -0.05) is 6.07 Å². The van der Waals surface area contributed by atoms with E-state index in [1.54, 1.807) is 6.08 Å². The molecule has 17 heavy (non-hydrogen) atoms. The van der Waals surface area contributed by atoms with Gasteiger partial charge in [-0.25, -0.2) is 4.79 Å². The molecule has 86 valence electrons. The molecule has 0 bridgehead atoms. The van der Waals surface area contributed by atoms with Gasteiger partial charge in [-0.15, -0.1) is 0 Å². The number of aromatic nitrogens is 1. The molecule has 0 saturated carbocycles. The van der Waals surface area contributed by atoms with Gasteiger partial charge in [0.05, 0.1) is 5.52 Å². The SMILES string of the molecule is Cc1cc(C)c2cc(/C=C/C(=O)O)ccc2n1. The van der Waals surface area contributed by atoms with Crippen LogP contribution < -0.4 is 0 Å². The molecule has 0 aliphatic carbocycles. The van der Waals surface area contributed by atoms with Crippen LogP contribution in [0, 0.1) is 13.8 Å². The molecular formula is C14H13NO2. The van der Waals surface area contributed by atoms with Gasteiger partial charge < -0.3 is 5.11 Å². The second-order valence-corrected chi connectivity index (χ2v) is 4.03. The lowest BCUT2D eigenvalue weighted by Crippen LogP contribution is -1.89.